The molecule has 2 amide bonds. The van der Waals surface area contributed by atoms with Crippen molar-refractivity contribution in [3.8, 4) is 0 Å². The van der Waals surface area contributed by atoms with E-state index in [9.17, 15) is 9.59 Å². The van der Waals surface area contributed by atoms with E-state index in [4.69, 9.17) is 5.11 Å². The summed E-state index contributed by atoms with van der Waals surface area (Å²) in [7, 11) is 3.70. The summed E-state index contributed by atoms with van der Waals surface area (Å²) >= 11 is 0. The van der Waals surface area contributed by atoms with Gasteiger partial charge in [0.25, 0.3) is 0 Å². The van der Waals surface area contributed by atoms with Crippen LogP contribution in [0, 0.1) is 6.92 Å². The van der Waals surface area contributed by atoms with E-state index >= 15 is 0 Å². The Morgan fingerprint density at radius 1 is 1.32 bits per heavy atom. The molecule has 8 heteroatoms. The van der Waals surface area contributed by atoms with Crippen LogP contribution in [0.1, 0.15) is 32.4 Å². The fraction of sp³-hybridized carbons (Fsp3) is 0.571. The number of hydrogen-bond acceptors (Lipinski definition) is 5. The third kappa shape index (κ3) is 5.94. The molecule has 0 bridgehead atoms. The van der Waals surface area contributed by atoms with Crippen molar-refractivity contribution in [1.29, 1.82) is 0 Å². The highest BCUT2D eigenvalue weighted by Crippen LogP contribution is 2.14. The summed E-state index contributed by atoms with van der Waals surface area (Å²) in [6, 6.07) is 1.34. The van der Waals surface area contributed by atoms with E-state index in [0.29, 0.717) is 12.2 Å². The largest absolute Gasteiger partial charge is 0.481 e. The SMILES string of the molecule is Cc1cc(N(C)C)nc(NC(=O)NC(C)(C)CCC(=O)O)n1. The van der Waals surface area contributed by atoms with Crippen LogP contribution < -0.4 is 15.5 Å². The van der Waals surface area contributed by atoms with Gasteiger partial charge in [0.2, 0.25) is 5.95 Å². The molecule has 0 fully saturated rings. The molecule has 1 heterocycles. The lowest BCUT2D eigenvalue weighted by molar-refractivity contribution is -0.137. The van der Waals surface area contributed by atoms with Gasteiger partial charge in [-0.15, -0.1) is 0 Å². The second-order valence-electron chi connectivity index (χ2n) is 5.94. The van der Waals surface area contributed by atoms with Crippen molar-refractivity contribution in [2.75, 3.05) is 24.3 Å². The van der Waals surface area contributed by atoms with Crippen LogP contribution >= 0.6 is 0 Å². The fourth-order valence-corrected chi connectivity index (χ4v) is 1.76. The van der Waals surface area contributed by atoms with Crippen molar-refractivity contribution in [2.45, 2.75) is 39.2 Å². The topological polar surface area (TPSA) is 107 Å². The van der Waals surface area contributed by atoms with Gasteiger partial charge in [-0.2, -0.15) is 4.98 Å². The van der Waals surface area contributed by atoms with E-state index in [1.165, 1.54) is 0 Å². The molecule has 8 nitrogen and oxygen atoms in total. The second-order valence-corrected chi connectivity index (χ2v) is 5.94. The highest BCUT2D eigenvalue weighted by atomic mass is 16.4. The molecule has 0 saturated heterocycles. The molecule has 0 aliphatic heterocycles. The number of carboxylic acid groups (broad SMARTS) is 1. The lowest BCUT2D eigenvalue weighted by atomic mass is 9.99. The fourth-order valence-electron chi connectivity index (χ4n) is 1.76. The summed E-state index contributed by atoms with van der Waals surface area (Å²) in [6.45, 7) is 5.34. The summed E-state index contributed by atoms with van der Waals surface area (Å²) in [4.78, 5) is 32.8. The molecule has 0 spiro atoms. The van der Waals surface area contributed by atoms with E-state index in [2.05, 4.69) is 20.6 Å². The van der Waals surface area contributed by atoms with E-state index in [1.54, 1.807) is 19.9 Å². The zero-order chi connectivity index (χ0) is 16.9. The Bertz CT molecular complexity index is 557. The molecule has 0 unspecified atom stereocenters. The monoisotopic (exact) mass is 309 g/mol. The van der Waals surface area contributed by atoms with Crippen molar-refractivity contribution < 1.29 is 14.7 Å². The van der Waals surface area contributed by atoms with Crippen LogP contribution in [0.15, 0.2) is 6.07 Å². The first kappa shape index (κ1) is 17.7. The minimum atomic E-state index is -0.895. The summed E-state index contributed by atoms with van der Waals surface area (Å²) in [5, 5.41) is 14.0. The second kappa shape index (κ2) is 7.06. The van der Waals surface area contributed by atoms with Crippen LogP contribution in [0.5, 0.6) is 0 Å². The first-order valence-electron chi connectivity index (χ1n) is 6.93. The average molecular weight is 309 g/mol. The van der Waals surface area contributed by atoms with E-state index in [0.717, 1.165) is 5.69 Å². The Labute approximate surface area is 129 Å². The van der Waals surface area contributed by atoms with Crippen LogP contribution in [0.4, 0.5) is 16.6 Å². The van der Waals surface area contributed by atoms with Crippen LogP contribution in [0.3, 0.4) is 0 Å². The minimum absolute atomic E-state index is 0.0149. The number of hydrogen-bond donors (Lipinski definition) is 3. The summed E-state index contributed by atoms with van der Waals surface area (Å²) in [5.41, 5.74) is 0.0931. The molecule has 1 rings (SSSR count). The number of urea groups is 1. The number of nitrogens with one attached hydrogen (secondary N) is 2. The van der Waals surface area contributed by atoms with Gasteiger partial charge in [0.1, 0.15) is 5.82 Å². The van der Waals surface area contributed by atoms with Crippen LogP contribution in [-0.4, -0.2) is 46.7 Å². The minimum Gasteiger partial charge on any atom is -0.481 e. The first-order valence-corrected chi connectivity index (χ1v) is 6.93. The first-order chi connectivity index (χ1) is 10.1. The van der Waals surface area contributed by atoms with Gasteiger partial charge in [-0.25, -0.2) is 9.78 Å². The smallest absolute Gasteiger partial charge is 0.322 e. The third-order valence-electron chi connectivity index (χ3n) is 2.94. The molecule has 0 radical (unpaired) electrons. The molecule has 0 aliphatic carbocycles. The zero-order valence-corrected chi connectivity index (χ0v) is 13.6. The van der Waals surface area contributed by atoms with Crippen LogP contribution in [0.2, 0.25) is 0 Å². The maximum atomic E-state index is 12.0. The Balaban J connectivity index is 2.70. The Kier molecular flexibility index (Phi) is 5.67. The zero-order valence-electron chi connectivity index (χ0n) is 13.6. The molecule has 122 valence electrons. The molecular formula is C14H23N5O3. The standard InChI is InChI=1S/C14H23N5O3/c1-9-8-10(19(4)5)16-12(15-9)17-13(22)18-14(2,3)7-6-11(20)21/h8H,6-7H2,1-5H3,(H,20,21)(H2,15,16,17,18,22). The van der Waals surface area contributed by atoms with Gasteiger partial charge in [0.15, 0.2) is 0 Å². The Morgan fingerprint density at radius 2 is 1.95 bits per heavy atom. The molecule has 3 N–H and O–H groups in total. The summed E-state index contributed by atoms with van der Waals surface area (Å²) in [5.74, 6) is -0.00361. The normalized spacial score (nSPS) is 11.0. The number of carbonyl (C=O) groups is 2. The van der Waals surface area contributed by atoms with E-state index in [1.807, 2.05) is 25.9 Å². The third-order valence-corrected chi connectivity index (χ3v) is 2.94. The molecule has 0 saturated carbocycles. The predicted octanol–water partition coefficient (Wildman–Crippen LogP) is 1.62. The summed E-state index contributed by atoms with van der Waals surface area (Å²) < 4.78 is 0. The number of aryl methyl sites for hydroxylation is 1. The van der Waals surface area contributed by atoms with E-state index in [-0.39, 0.29) is 12.4 Å². The highest BCUT2D eigenvalue weighted by Gasteiger charge is 2.22. The van der Waals surface area contributed by atoms with E-state index < -0.39 is 17.5 Å². The number of rotatable bonds is 6. The predicted molar refractivity (Wildman–Crippen MR) is 84.2 cm³/mol. The van der Waals surface area contributed by atoms with Crippen LogP contribution in [0.25, 0.3) is 0 Å². The number of aliphatic carboxylic acids is 1. The summed E-state index contributed by atoms with van der Waals surface area (Å²) in [6.07, 6.45) is 0.312. The number of carbonyl (C=O) groups excluding carboxylic acids is 1. The van der Waals surface area contributed by atoms with Crippen molar-refractivity contribution in [1.82, 2.24) is 15.3 Å². The van der Waals surface area contributed by atoms with Crippen molar-refractivity contribution in [2.24, 2.45) is 0 Å². The number of carboxylic acids is 1. The number of nitrogens with zero attached hydrogens (tertiary/aromatic N) is 3. The van der Waals surface area contributed by atoms with Crippen molar-refractivity contribution >= 4 is 23.8 Å². The van der Waals surface area contributed by atoms with Gasteiger partial charge in [0.05, 0.1) is 0 Å². The molecular weight excluding hydrogens is 286 g/mol. The Hall–Kier alpha value is -2.38. The van der Waals surface area contributed by atoms with Gasteiger partial charge in [0, 0.05) is 37.8 Å². The number of amides is 2. The average Bonchev–Trinajstić information content (AvgIpc) is 2.34. The molecule has 22 heavy (non-hydrogen) atoms. The van der Waals surface area contributed by atoms with Gasteiger partial charge >= 0.3 is 12.0 Å². The molecule has 0 aromatic carbocycles. The maximum Gasteiger partial charge on any atom is 0.322 e. The molecule has 1 aromatic rings. The lowest BCUT2D eigenvalue weighted by Crippen LogP contribution is -2.46. The van der Waals surface area contributed by atoms with Crippen molar-refractivity contribution in [3.63, 3.8) is 0 Å². The molecule has 0 aliphatic rings. The molecule has 0 atom stereocenters. The maximum absolute atomic E-state index is 12.0. The van der Waals surface area contributed by atoms with Crippen LogP contribution in [-0.2, 0) is 4.79 Å². The van der Waals surface area contributed by atoms with Gasteiger partial charge in [-0.1, -0.05) is 0 Å². The number of aromatic nitrogens is 2. The lowest BCUT2D eigenvalue weighted by Gasteiger charge is -2.25. The molecule has 1 aromatic heterocycles. The number of anilines is 2. The van der Waals surface area contributed by atoms with Gasteiger partial charge in [-0.05, 0) is 27.2 Å². The van der Waals surface area contributed by atoms with Gasteiger partial charge < -0.3 is 15.3 Å². The quantitative estimate of drug-likeness (QED) is 0.737. The van der Waals surface area contributed by atoms with Crippen molar-refractivity contribution in [3.05, 3.63) is 11.8 Å². The van der Waals surface area contributed by atoms with Gasteiger partial charge in [-0.3, -0.25) is 10.1 Å². The Morgan fingerprint density at radius 3 is 2.50 bits per heavy atom. The highest BCUT2D eigenvalue weighted by molar-refractivity contribution is 5.88.